The molecule has 0 heterocycles. The summed E-state index contributed by atoms with van der Waals surface area (Å²) in [5, 5.41) is 11.2. The van der Waals surface area contributed by atoms with Gasteiger partial charge in [-0.15, -0.1) is 0 Å². The Bertz CT molecular complexity index is 692. The largest absolute Gasteiger partial charge is 0.324 e. The lowest BCUT2D eigenvalue weighted by Crippen LogP contribution is -2.13. The third-order valence-electron chi connectivity index (χ3n) is 2.93. The third kappa shape index (κ3) is 4.40. The average Bonchev–Trinajstić information content (AvgIpc) is 2.48. The normalized spacial score (nSPS) is 9.95. The first-order chi connectivity index (χ1) is 10.1. The zero-order valence-electron chi connectivity index (χ0n) is 11.1. The highest BCUT2D eigenvalue weighted by Crippen LogP contribution is 2.19. The van der Waals surface area contributed by atoms with Gasteiger partial charge in [0.25, 0.3) is 0 Å². The van der Waals surface area contributed by atoms with Gasteiger partial charge < -0.3 is 5.32 Å². The van der Waals surface area contributed by atoms with E-state index in [0.717, 1.165) is 5.56 Å². The zero-order chi connectivity index (χ0) is 15.2. The SMILES string of the molecule is N#Cc1ccc(CCC(=O)Nc2ccc(Br)cc2F)cc1. The number of nitrogens with zero attached hydrogens (tertiary/aromatic N) is 1. The number of anilines is 1. The highest BCUT2D eigenvalue weighted by atomic mass is 79.9. The zero-order valence-corrected chi connectivity index (χ0v) is 12.7. The van der Waals surface area contributed by atoms with E-state index in [4.69, 9.17) is 5.26 Å². The van der Waals surface area contributed by atoms with Crippen molar-refractivity contribution in [1.29, 1.82) is 5.26 Å². The summed E-state index contributed by atoms with van der Waals surface area (Å²) in [6.45, 7) is 0. The van der Waals surface area contributed by atoms with Gasteiger partial charge in [-0.05, 0) is 42.3 Å². The maximum absolute atomic E-state index is 13.6. The summed E-state index contributed by atoms with van der Waals surface area (Å²) in [6.07, 6.45) is 0.789. The van der Waals surface area contributed by atoms with Gasteiger partial charge in [-0.1, -0.05) is 28.1 Å². The van der Waals surface area contributed by atoms with Crippen molar-refractivity contribution in [2.24, 2.45) is 0 Å². The van der Waals surface area contributed by atoms with Crippen molar-refractivity contribution in [3.63, 3.8) is 0 Å². The fraction of sp³-hybridized carbons (Fsp3) is 0.125. The van der Waals surface area contributed by atoms with Crippen LogP contribution in [-0.4, -0.2) is 5.91 Å². The van der Waals surface area contributed by atoms with E-state index in [1.807, 2.05) is 18.2 Å². The lowest BCUT2D eigenvalue weighted by atomic mass is 10.1. The number of hydrogen-bond donors (Lipinski definition) is 1. The van der Waals surface area contributed by atoms with Crippen LogP contribution in [0.25, 0.3) is 0 Å². The molecule has 0 aliphatic heterocycles. The molecule has 0 radical (unpaired) electrons. The molecule has 0 fully saturated rings. The van der Waals surface area contributed by atoms with Crippen molar-refractivity contribution in [3.8, 4) is 6.07 Å². The van der Waals surface area contributed by atoms with Gasteiger partial charge >= 0.3 is 0 Å². The number of carbonyl (C=O) groups is 1. The van der Waals surface area contributed by atoms with Crippen LogP contribution in [0.15, 0.2) is 46.9 Å². The van der Waals surface area contributed by atoms with Crippen LogP contribution in [0.3, 0.4) is 0 Å². The van der Waals surface area contributed by atoms with E-state index in [1.165, 1.54) is 12.1 Å². The molecule has 1 amide bonds. The minimum absolute atomic E-state index is 0.169. The molecule has 0 bridgehead atoms. The van der Waals surface area contributed by atoms with Gasteiger partial charge in [0.05, 0.1) is 17.3 Å². The highest BCUT2D eigenvalue weighted by Gasteiger charge is 2.07. The van der Waals surface area contributed by atoms with Crippen molar-refractivity contribution in [1.82, 2.24) is 0 Å². The maximum atomic E-state index is 13.6. The van der Waals surface area contributed by atoms with Crippen LogP contribution in [0.1, 0.15) is 17.5 Å². The Kier molecular flexibility index (Phi) is 5.07. The van der Waals surface area contributed by atoms with E-state index in [1.54, 1.807) is 18.2 Å². The number of nitriles is 1. The van der Waals surface area contributed by atoms with Crippen molar-refractivity contribution in [2.45, 2.75) is 12.8 Å². The van der Waals surface area contributed by atoms with Crippen LogP contribution in [0.4, 0.5) is 10.1 Å². The van der Waals surface area contributed by atoms with E-state index in [9.17, 15) is 9.18 Å². The molecule has 2 aromatic rings. The predicted octanol–water partition coefficient (Wildman–Crippen LogP) is 4.03. The Morgan fingerprint density at radius 2 is 1.95 bits per heavy atom. The molecule has 0 saturated carbocycles. The van der Waals surface area contributed by atoms with Gasteiger partial charge in [-0.3, -0.25) is 4.79 Å². The number of aryl methyl sites for hydroxylation is 1. The summed E-state index contributed by atoms with van der Waals surface area (Å²) in [6, 6.07) is 13.6. The number of rotatable bonds is 4. The molecular weight excluding hydrogens is 335 g/mol. The van der Waals surface area contributed by atoms with E-state index in [0.29, 0.717) is 16.5 Å². The summed E-state index contributed by atoms with van der Waals surface area (Å²) in [5.41, 5.74) is 1.71. The standard InChI is InChI=1S/C16H12BrFN2O/c17-13-6-7-15(14(18)9-13)20-16(21)8-5-11-1-3-12(10-19)4-2-11/h1-4,6-7,9H,5,8H2,(H,20,21). The molecule has 2 rings (SSSR count). The number of nitrogens with one attached hydrogen (secondary N) is 1. The van der Waals surface area contributed by atoms with Gasteiger partial charge in [0.15, 0.2) is 0 Å². The van der Waals surface area contributed by atoms with Crippen molar-refractivity contribution >= 4 is 27.5 Å². The van der Waals surface area contributed by atoms with Gasteiger partial charge in [0.2, 0.25) is 5.91 Å². The second kappa shape index (κ2) is 7.00. The van der Waals surface area contributed by atoms with Crippen molar-refractivity contribution in [2.75, 3.05) is 5.32 Å². The smallest absolute Gasteiger partial charge is 0.224 e. The number of hydrogen-bond acceptors (Lipinski definition) is 2. The number of halogens is 2. The summed E-state index contributed by atoms with van der Waals surface area (Å²) in [5.74, 6) is -0.725. The van der Waals surface area contributed by atoms with Gasteiger partial charge in [0.1, 0.15) is 5.82 Å². The van der Waals surface area contributed by atoms with E-state index >= 15 is 0 Å². The fourth-order valence-corrected chi connectivity index (χ4v) is 2.14. The average molecular weight is 347 g/mol. The van der Waals surface area contributed by atoms with Gasteiger partial charge in [0, 0.05) is 10.9 Å². The lowest BCUT2D eigenvalue weighted by molar-refractivity contribution is -0.116. The second-order valence-electron chi connectivity index (χ2n) is 4.48. The molecule has 1 N–H and O–H groups in total. The van der Waals surface area contributed by atoms with Crippen molar-refractivity contribution in [3.05, 3.63) is 63.9 Å². The molecule has 2 aromatic carbocycles. The van der Waals surface area contributed by atoms with E-state index in [2.05, 4.69) is 21.2 Å². The lowest BCUT2D eigenvalue weighted by Gasteiger charge is -2.07. The van der Waals surface area contributed by atoms with E-state index in [-0.39, 0.29) is 18.0 Å². The summed E-state index contributed by atoms with van der Waals surface area (Å²) >= 11 is 3.16. The predicted molar refractivity (Wildman–Crippen MR) is 82.2 cm³/mol. The molecule has 0 atom stereocenters. The Balaban J connectivity index is 1.91. The maximum Gasteiger partial charge on any atom is 0.224 e. The van der Waals surface area contributed by atoms with Crippen LogP contribution < -0.4 is 5.32 Å². The fourth-order valence-electron chi connectivity index (χ4n) is 1.81. The first-order valence-corrected chi connectivity index (χ1v) is 7.12. The first kappa shape index (κ1) is 15.2. The van der Waals surface area contributed by atoms with Gasteiger partial charge in [-0.25, -0.2) is 4.39 Å². The minimum atomic E-state index is -0.476. The quantitative estimate of drug-likeness (QED) is 0.908. The first-order valence-electron chi connectivity index (χ1n) is 6.32. The van der Waals surface area contributed by atoms with Crippen LogP contribution in [0, 0.1) is 17.1 Å². The minimum Gasteiger partial charge on any atom is -0.324 e. The molecule has 0 unspecified atom stereocenters. The topological polar surface area (TPSA) is 52.9 Å². The highest BCUT2D eigenvalue weighted by molar-refractivity contribution is 9.10. The van der Waals surface area contributed by atoms with Crippen LogP contribution >= 0.6 is 15.9 Å². The number of carbonyl (C=O) groups excluding carboxylic acids is 1. The summed E-state index contributed by atoms with van der Waals surface area (Å²) in [7, 11) is 0. The Hall–Kier alpha value is -2.19. The Morgan fingerprint density at radius 1 is 1.24 bits per heavy atom. The molecule has 0 aliphatic carbocycles. The summed E-state index contributed by atoms with van der Waals surface area (Å²) in [4.78, 5) is 11.8. The molecular formula is C16H12BrFN2O. The molecule has 21 heavy (non-hydrogen) atoms. The molecule has 5 heteroatoms. The van der Waals surface area contributed by atoms with Crippen molar-refractivity contribution < 1.29 is 9.18 Å². The van der Waals surface area contributed by atoms with Gasteiger partial charge in [-0.2, -0.15) is 5.26 Å². The Labute approximate surface area is 130 Å². The van der Waals surface area contributed by atoms with Crippen LogP contribution in [0.2, 0.25) is 0 Å². The molecule has 0 spiro atoms. The second-order valence-corrected chi connectivity index (χ2v) is 5.40. The number of benzene rings is 2. The molecule has 0 aliphatic rings. The monoisotopic (exact) mass is 346 g/mol. The van der Waals surface area contributed by atoms with Crippen LogP contribution in [0.5, 0.6) is 0 Å². The Morgan fingerprint density at radius 3 is 2.57 bits per heavy atom. The van der Waals surface area contributed by atoms with Crippen LogP contribution in [-0.2, 0) is 11.2 Å². The molecule has 0 saturated heterocycles. The molecule has 3 nitrogen and oxygen atoms in total. The third-order valence-corrected chi connectivity index (χ3v) is 3.42. The summed E-state index contributed by atoms with van der Waals surface area (Å²) < 4.78 is 14.2. The molecule has 0 aromatic heterocycles. The molecule has 106 valence electrons. The van der Waals surface area contributed by atoms with E-state index < -0.39 is 5.82 Å². The number of amides is 1.